The summed E-state index contributed by atoms with van der Waals surface area (Å²) in [5.74, 6) is 0. The molecule has 0 bridgehead atoms. The van der Waals surface area contributed by atoms with Crippen LogP contribution in [0.15, 0.2) is 53.0 Å². The lowest BCUT2D eigenvalue weighted by molar-refractivity contribution is -0.384. The van der Waals surface area contributed by atoms with Crippen LogP contribution in [0.25, 0.3) is 11.1 Å². The predicted octanol–water partition coefficient (Wildman–Crippen LogP) is 4.02. The SMILES string of the molecule is O=[N+]([O-])c1ccc(-c2cccc(Br)c2)cc1. The average Bonchev–Trinajstić information content (AvgIpc) is 2.29. The minimum absolute atomic E-state index is 0.110. The fourth-order valence-corrected chi connectivity index (χ4v) is 1.84. The first-order valence-corrected chi connectivity index (χ1v) is 5.46. The Morgan fingerprint density at radius 2 is 1.69 bits per heavy atom. The molecule has 2 rings (SSSR count). The van der Waals surface area contributed by atoms with Gasteiger partial charge in [0.15, 0.2) is 0 Å². The molecule has 80 valence electrons. The number of hydrogen-bond acceptors (Lipinski definition) is 2. The second kappa shape index (κ2) is 4.45. The monoisotopic (exact) mass is 277 g/mol. The Morgan fingerprint density at radius 1 is 1.00 bits per heavy atom. The van der Waals surface area contributed by atoms with Gasteiger partial charge in [-0.25, -0.2) is 0 Å². The normalized spacial score (nSPS) is 10.1. The zero-order valence-electron chi connectivity index (χ0n) is 8.26. The number of rotatable bonds is 2. The number of nitro benzene ring substituents is 1. The standard InChI is InChI=1S/C12H8BrNO2/c13-11-3-1-2-10(8-11)9-4-6-12(7-5-9)14(15)16/h1-8H. The van der Waals surface area contributed by atoms with Crippen LogP contribution in [0, 0.1) is 10.1 Å². The molecule has 0 aliphatic heterocycles. The molecule has 0 aromatic heterocycles. The van der Waals surface area contributed by atoms with E-state index < -0.39 is 4.92 Å². The van der Waals surface area contributed by atoms with Gasteiger partial charge in [-0.2, -0.15) is 0 Å². The van der Waals surface area contributed by atoms with Gasteiger partial charge in [-0.3, -0.25) is 10.1 Å². The van der Waals surface area contributed by atoms with Crippen LogP contribution in [-0.2, 0) is 0 Å². The Hall–Kier alpha value is -1.68. The maximum absolute atomic E-state index is 10.5. The van der Waals surface area contributed by atoms with E-state index in [4.69, 9.17) is 0 Å². The molecule has 0 unspecified atom stereocenters. The van der Waals surface area contributed by atoms with Gasteiger partial charge < -0.3 is 0 Å². The Kier molecular flexibility index (Phi) is 3.01. The van der Waals surface area contributed by atoms with Crippen LogP contribution in [0.1, 0.15) is 0 Å². The summed E-state index contributed by atoms with van der Waals surface area (Å²) in [5.41, 5.74) is 2.11. The van der Waals surface area contributed by atoms with E-state index in [1.807, 2.05) is 24.3 Å². The fraction of sp³-hybridized carbons (Fsp3) is 0. The number of halogens is 1. The van der Waals surface area contributed by atoms with Crippen LogP contribution in [0.3, 0.4) is 0 Å². The molecule has 0 spiro atoms. The highest BCUT2D eigenvalue weighted by atomic mass is 79.9. The van der Waals surface area contributed by atoms with Gasteiger partial charge in [0.2, 0.25) is 0 Å². The van der Waals surface area contributed by atoms with Crippen molar-refractivity contribution < 1.29 is 4.92 Å². The number of nitro groups is 1. The molecule has 0 atom stereocenters. The van der Waals surface area contributed by atoms with Gasteiger partial charge in [-0.05, 0) is 35.4 Å². The minimum atomic E-state index is -0.398. The molecule has 0 saturated heterocycles. The Bertz CT molecular complexity index is 523. The van der Waals surface area contributed by atoms with Gasteiger partial charge in [0.05, 0.1) is 4.92 Å². The minimum Gasteiger partial charge on any atom is -0.258 e. The van der Waals surface area contributed by atoms with Crippen LogP contribution < -0.4 is 0 Å². The van der Waals surface area contributed by atoms with Gasteiger partial charge >= 0.3 is 0 Å². The molecule has 0 amide bonds. The van der Waals surface area contributed by atoms with Crippen molar-refractivity contribution in [3.63, 3.8) is 0 Å². The van der Waals surface area contributed by atoms with Crippen LogP contribution >= 0.6 is 15.9 Å². The highest BCUT2D eigenvalue weighted by molar-refractivity contribution is 9.10. The second-order valence-electron chi connectivity index (χ2n) is 3.31. The molecule has 0 aliphatic carbocycles. The molecule has 0 saturated carbocycles. The lowest BCUT2D eigenvalue weighted by Crippen LogP contribution is -1.87. The molecule has 0 aliphatic rings. The number of benzene rings is 2. The van der Waals surface area contributed by atoms with Crippen LogP contribution in [0.5, 0.6) is 0 Å². The lowest BCUT2D eigenvalue weighted by atomic mass is 10.1. The van der Waals surface area contributed by atoms with E-state index in [1.54, 1.807) is 12.1 Å². The Morgan fingerprint density at radius 3 is 2.25 bits per heavy atom. The van der Waals surface area contributed by atoms with Crippen molar-refractivity contribution in [1.82, 2.24) is 0 Å². The lowest BCUT2D eigenvalue weighted by Gasteiger charge is -2.01. The topological polar surface area (TPSA) is 43.1 Å². The van der Waals surface area contributed by atoms with E-state index in [2.05, 4.69) is 15.9 Å². The van der Waals surface area contributed by atoms with Crippen molar-refractivity contribution in [2.24, 2.45) is 0 Å². The van der Waals surface area contributed by atoms with E-state index in [0.717, 1.165) is 15.6 Å². The summed E-state index contributed by atoms with van der Waals surface area (Å²) < 4.78 is 0.989. The van der Waals surface area contributed by atoms with E-state index in [0.29, 0.717) is 0 Å². The van der Waals surface area contributed by atoms with Crippen molar-refractivity contribution in [3.05, 3.63) is 63.1 Å². The molecule has 4 heteroatoms. The molecule has 0 fully saturated rings. The van der Waals surface area contributed by atoms with E-state index in [1.165, 1.54) is 12.1 Å². The number of nitrogens with zero attached hydrogens (tertiary/aromatic N) is 1. The largest absolute Gasteiger partial charge is 0.269 e. The molecule has 16 heavy (non-hydrogen) atoms. The van der Waals surface area contributed by atoms with Crippen molar-refractivity contribution in [2.45, 2.75) is 0 Å². The highest BCUT2D eigenvalue weighted by Gasteiger charge is 2.04. The second-order valence-corrected chi connectivity index (χ2v) is 4.23. The maximum atomic E-state index is 10.5. The summed E-state index contributed by atoms with van der Waals surface area (Å²) >= 11 is 3.39. The molecule has 0 heterocycles. The molecular weight excluding hydrogens is 270 g/mol. The van der Waals surface area contributed by atoms with Crippen molar-refractivity contribution in [1.29, 1.82) is 0 Å². The molecule has 0 N–H and O–H groups in total. The van der Waals surface area contributed by atoms with Crippen LogP contribution in [0.2, 0.25) is 0 Å². The first kappa shape index (κ1) is 10.8. The summed E-state index contributed by atoms with van der Waals surface area (Å²) in [6.45, 7) is 0. The molecule has 0 radical (unpaired) electrons. The van der Waals surface area contributed by atoms with Crippen LogP contribution in [0.4, 0.5) is 5.69 Å². The van der Waals surface area contributed by atoms with E-state index in [9.17, 15) is 10.1 Å². The number of hydrogen-bond donors (Lipinski definition) is 0. The molecule has 2 aromatic carbocycles. The summed E-state index contributed by atoms with van der Waals surface area (Å²) in [5, 5.41) is 10.5. The van der Waals surface area contributed by atoms with Crippen molar-refractivity contribution in [2.75, 3.05) is 0 Å². The third-order valence-corrected chi connectivity index (χ3v) is 2.73. The summed E-state index contributed by atoms with van der Waals surface area (Å²) in [4.78, 5) is 10.1. The average molecular weight is 278 g/mol. The van der Waals surface area contributed by atoms with Crippen LogP contribution in [-0.4, -0.2) is 4.92 Å². The van der Waals surface area contributed by atoms with E-state index >= 15 is 0 Å². The highest BCUT2D eigenvalue weighted by Crippen LogP contribution is 2.24. The Balaban J connectivity index is 2.38. The predicted molar refractivity (Wildman–Crippen MR) is 66.2 cm³/mol. The maximum Gasteiger partial charge on any atom is 0.269 e. The fourth-order valence-electron chi connectivity index (χ4n) is 1.44. The summed E-state index contributed by atoms with van der Waals surface area (Å²) in [7, 11) is 0. The smallest absolute Gasteiger partial charge is 0.258 e. The third kappa shape index (κ3) is 2.28. The first-order valence-electron chi connectivity index (χ1n) is 4.67. The first-order chi connectivity index (χ1) is 7.66. The van der Waals surface area contributed by atoms with Gasteiger partial charge in [-0.15, -0.1) is 0 Å². The molecular formula is C12H8BrNO2. The van der Waals surface area contributed by atoms with Crippen molar-refractivity contribution >= 4 is 21.6 Å². The van der Waals surface area contributed by atoms with Gasteiger partial charge in [0.1, 0.15) is 0 Å². The summed E-state index contributed by atoms with van der Waals surface area (Å²) in [6, 6.07) is 14.3. The van der Waals surface area contributed by atoms with Gasteiger partial charge in [0, 0.05) is 16.6 Å². The Labute approximate surface area is 101 Å². The van der Waals surface area contributed by atoms with Gasteiger partial charge in [0.25, 0.3) is 5.69 Å². The zero-order chi connectivity index (χ0) is 11.5. The zero-order valence-corrected chi connectivity index (χ0v) is 9.85. The van der Waals surface area contributed by atoms with Crippen molar-refractivity contribution in [3.8, 4) is 11.1 Å². The molecule has 2 aromatic rings. The van der Waals surface area contributed by atoms with E-state index in [-0.39, 0.29) is 5.69 Å². The third-order valence-electron chi connectivity index (χ3n) is 2.24. The molecule has 3 nitrogen and oxygen atoms in total. The summed E-state index contributed by atoms with van der Waals surface area (Å²) in [6.07, 6.45) is 0. The van der Waals surface area contributed by atoms with Gasteiger partial charge in [-0.1, -0.05) is 28.1 Å². The quantitative estimate of drug-likeness (QED) is 0.615. The number of non-ortho nitro benzene ring substituents is 1.